The molecule has 1 aromatic heterocycles. The predicted molar refractivity (Wildman–Crippen MR) is 105 cm³/mol. The van der Waals surface area contributed by atoms with Crippen molar-refractivity contribution in [3.8, 4) is 10.4 Å². The van der Waals surface area contributed by atoms with E-state index >= 15 is 0 Å². The Morgan fingerprint density at radius 1 is 1.38 bits per heavy atom. The fourth-order valence-corrected chi connectivity index (χ4v) is 4.78. The first-order valence-electron chi connectivity index (χ1n) is 9.32. The highest BCUT2D eigenvalue weighted by Gasteiger charge is 2.31. The fourth-order valence-electron chi connectivity index (χ4n) is 3.79. The third-order valence-electron chi connectivity index (χ3n) is 5.36. The van der Waals surface area contributed by atoms with Crippen molar-refractivity contribution < 1.29 is 4.79 Å². The van der Waals surface area contributed by atoms with E-state index in [4.69, 9.17) is 4.98 Å². The number of amides is 1. The fraction of sp³-hybridized carbons (Fsp3) is 0.500. The van der Waals surface area contributed by atoms with E-state index in [0.717, 1.165) is 26.2 Å². The van der Waals surface area contributed by atoms with Crippen LogP contribution < -0.4 is 10.6 Å². The van der Waals surface area contributed by atoms with Gasteiger partial charge in [-0.2, -0.15) is 0 Å². The van der Waals surface area contributed by atoms with Crippen molar-refractivity contribution in [2.75, 3.05) is 19.6 Å². The van der Waals surface area contributed by atoms with Crippen LogP contribution in [0.25, 0.3) is 10.4 Å². The third-order valence-corrected chi connectivity index (χ3v) is 6.57. The summed E-state index contributed by atoms with van der Waals surface area (Å²) in [6.45, 7) is 9.94. The third kappa shape index (κ3) is 3.41. The number of carbonyl (C=O) groups excluding carboxylic acids is 1. The minimum atomic E-state index is 0.0109. The molecule has 2 N–H and O–H groups in total. The van der Waals surface area contributed by atoms with Gasteiger partial charge in [-0.25, -0.2) is 4.98 Å². The van der Waals surface area contributed by atoms with Crippen LogP contribution in [0.5, 0.6) is 0 Å². The summed E-state index contributed by atoms with van der Waals surface area (Å²) in [5, 5.41) is 7.68. The average molecular weight is 371 g/mol. The topological polar surface area (TPSA) is 57.3 Å². The van der Waals surface area contributed by atoms with Gasteiger partial charge in [0.1, 0.15) is 0 Å². The van der Waals surface area contributed by atoms with E-state index in [9.17, 15) is 4.79 Å². The van der Waals surface area contributed by atoms with E-state index in [1.807, 2.05) is 17.5 Å². The Labute approximate surface area is 158 Å². The molecule has 1 atom stereocenters. The number of hydrogen-bond acceptors (Lipinski definition) is 5. The number of thiazole rings is 1. The number of nitrogens with one attached hydrogen (secondary N) is 2. The van der Waals surface area contributed by atoms with Crippen LogP contribution in [0.2, 0.25) is 0 Å². The molecule has 1 amide bonds. The predicted octanol–water partition coefficient (Wildman–Crippen LogP) is 2.90. The summed E-state index contributed by atoms with van der Waals surface area (Å²) in [4.78, 5) is 19.8. The van der Waals surface area contributed by atoms with E-state index < -0.39 is 0 Å². The van der Waals surface area contributed by atoms with Crippen LogP contribution in [0.4, 0.5) is 0 Å². The van der Waals surface area contributed by atoms with Gasteiger partial charge in [0.15, 0.2) is 0 Å². The Morgan fingerprint density at radius 2 is 2.19 bits per heavy atom. The zero-order valence-electron chi connectivity index (χ0n) is 15.6. The maximum Gasteiger partial charge on any atom is 0.217 e. The second kappa shape index (κ2) is 7.10. The van der Waals surface area contributed by atoms with Crippen LogP contribution in [0.3, 0.4) is 0 Å². The molecule has 4 rings (SSSR count). The molecule has 6 heteroatoms. The number of carbonyl (C=O) groups is 1. The lowest BCUT2D eigenvalue weighted by Gasteiger charge is -2.41. The SMILES string of the molecule is CC(=O)NC1CNCc2cc(-c3cnc(C4CN(C(C)C)C4)s3)ccc21. The molecule has 1 fully saturated rings. The second-order valence-corrected chi connectivity index (χ2v) is 8.67. The van der Waals surface area contributed by atoms with Gasteiger partial charge in [-0.3, -0.25) is 9.69 Å². The molecule has 0 radical (unpaired) electrons. The van der Waals surface area contributed by atoms with Crippen molar-refractivity contribution in [2.24, 2.45) is 0 Å². The summed E-state index contributed by atoms with van der Waals surface area (Å²) in [6, 6.07) is 7.25. The van der Waals surface area contributed by atoms with Crippen LogP contribution in [0, 0.1) is 0 Å². The van der Waals surface area contributed by atoms with Gasteiger partial charge in [0.05, 0.1) is 15.9 Å². The van der Waals surface area contributed by atoms with Gasteiger partial charge in [0.25, 0.3) is 0 Å². The Morgan fingerprint density at radius 3 is 2.92 bits per heavy atom. The van der Waals surface area contributed by atoms with E-state index in [2.05, 4.69) is 47.6 Å². The van der Waals surface area contributed by atoms with Gasteiger partial charge in [0, 0.05) is 51.3 Å². The molecule has 0 saturated carbocycles. The Balaban J connectivity index is 1.52. The van der Waals surface area contributed by atoms with Crippen molar-refractivity contribution in [2.45, 2.75) is 45.3 Å². The first kappa shape index (κ1) is 17.6. The van der Waals surface area contributed by atoms with E-state index in [1.165, 1.54) is 26.6 Å². The van der Waals surface area contributed by atoms with Crippen molar-refractivity contribution >= 4 is 17.2 Å². The maximum absolute atomic E-state index is 11.4. The normalized spacial score (nSPS) is 20.7. The molecule has 2 aliphatic heterocycles. The molecule has 2 aliphatic rings. The molecule has 138 valence electrons. The second-order valence-electron chi connectivity index (χ2n) is 7.60. The van der Waals surface area contributed by atoms with Gasteiger partial charge in [-0.15, -0.1) is 11.3 Å². The monoisotopic (exact) mass is 370 g/mol. The molecular weight excluding hydrogens is 344 g/mol. The molecule has 3 heterocycles. The smallest absolute Gasteiger partial charge is 0.217 e. The summed E-state index contributed by atoms with van der Waals surface area (Å²) < 4.78 is 0. The Hall–Kier alpha value is -1.76. The highest BCUT2D eigenvalue weighted by molar-refractivity contribution is 7.15. The van der Waals surface area contributed by atoms with Gasteiger partial charge < -0.3 is 10.6 Å². The molecule has 2 aromatic rings. The Bertz CT molecular complexity index is 810. The van der Waals surface area contributed by atoms with Crippen LogP contribution in [-0.2, 0) is 11.3 Å². The zero-order chi connectivity index (χ0) is 18.3. The molecular formula is C20H26N4OS. The molecule has 0 bridgehead atoms. The summed E-state index contributed by atoms with van der Waals surface area (Å²) >= 11 is 1.82. The first-order valence-corrected chi connectivity index (χ1v) is 10.1. The van der Waals surface area contributed by atoms with E-state index in [-0.39, 0.29) is 11.9 Å². The van der Waals surface area contributed by atoms with E-state index in [1.54, 1.807) is 6.92 Å². The van der Waals surface area contributed by atoms with Gasteiger partial charge in [0.2, 0.25) is 5.91 Å². The lowest BCUT2D eigenvalue weighted by atomic mass is 9.94. The number of hydrogen-bond donors (Lipinski definition) is 2. The summed E-state index contributed by atoms with van der Waals surface area (Å²) in [5.74, 6) is 0.594. The van der Waals surface area contributed by atoms with Crippen molar-refractivity contribution in [3.63, 3.8) is 0 Å². The zero-order valence-corrected chi connectivity index (χ0v) is 16.4. The Kier molecular flexibility index (Phi) is 4.82. The average Bonchev–Trinajstić information content (AvgIpc) is 3.02. The number of benzene rings is 1. The number of fused-ring (bicyclic) bond motifs is 1. The maximum atomic E-state index is 11.4. The highest BCUT2D eigenvalue weighted by Crippen LogP contribution is 2.36. The van der Waals surface area contributed by atoms with Crippen LogP contribution in [0.1, 0.15) is 48.9 Å². The summed E-state index contributed by atoms with van der Waals surface area (Å²) in [6.07, 6.45) is 2.02. The number of nitrogens with zero attached hydrogens (tertiary/aromatic N) is 2. The number of rotatable bonds is 4. The standard InChI is InChI=1S/C20H26N4OS/c1-12(2)24-10-16(11-24)20-22-9-19(26-20)14-4-5-17-15(6-14)7-21-8-18(17)23-13(3)25/h4-6,9,12,16,18,21H,7-8,10-11H2,1-3H3,(H,23,25). The largest absolute Gasteiger partial charge is 0.348 e. The molecule has 1 unspecified atom stereocenters. The van der Waals surface area contributed by atoms with Gasteiger partial charge in [-0.05, 0) is 36.6 Å². The van der Waals surface area contributed by atoms with Crippen molar-refractivity contribution in [1.82, 2.24) is 20.5 Å². The molecule has 5 nitrogen and oxygen atoms in total. The number of aromatic nitrogens is 1. The minimum absolute atomic E-state index is 0.0109. The van der Waals surface area contributed by atoms with Gasteiger partial charge >= 0.3 is 0 Å². The van der Waals surface area contributed by atoms with Crippen LogP contribution >= 0.6 is 11.3 Å². The molecule has 0 spiro atoms. The molecule has 26 heavy (non-hydrogen) atoms. The van der Waals surface area contributed by atoms with Crippen LogP contribution in [-0.4, -0.2) is 41.5 Å². The van der Waals surface area contributed by atoms with Crippen molar-refractivity contribution in [3.05, 3.63) is 40.5 Å². The van der Waals surface area contributed by atoms with Crippen LogP contribution in [0.15, 0.2) is 24.4 Å². The van der Waals surface area contributed by atoms with Crippen molar-refractivity contribution in [1.29, 1.82) is 0 Å². The summed E-state index contributed by atoms with van der Waals surface area (Å²) in [5.41, 5.74) is 3.70. The molecule has 1 saturated heterocycles. The first-order chi connectivity index (χ1) is 12.5. The quantitative estimate of drug-likeness (QED) is 0.869. The molecule has 1 aromatic carbocycles. The lowest BCUT2D eigenvalue weighted by molar-refractivity contribution is -0.119. The lowest BCUT2D eigenvalue weighted by Crippen LogP contribution is -2.48. The van der Waals surface area contributed by atoms with E-state index in [0.29, 0.717) is 12.0 Å². The van der Waals surface area contributed by atoms with Gasteiger partial charge in [-0.1, -0.05) is 12.1 Å². The minimum Gasteiger partial charge on any atom is -0.348 e. The summed E-state index contributed by atoms with van der Waals surface area (Å²) in [7, 11) is 0. The number of likely N-dealkylation sites (tertiary alicyclic amines) is 1. The molecule has 0 aliphatic carbocycles. The highest BCUT2D eigenvalue weighted by atomic mass is 32.1.